The molecule has 0 aliphatic heterocycles. The molecule has 0 aromatic rings. The van der Waals surface area contributed by atoms with Gasteiger partial charge in [0, 0.05) is 12.5 Å². The van der Waals surface area contributed by atoms with Gasteiger partial charge in [-0.15, -0.1) is 0 Å². The maximum Gasteiger partial charge on any atom is 1.00 e. The molecule has 0 spiro atoms. The van der Waals surface area contributed by atoms with E-state index >= 15 is 0 Å². The van der Waals surface area contributed by atoms with E-state index in [1.165, 1.54) is 0 Å². The molecule has 66 valence electrons. The van der Waals surface area contributed by atoms with Crippen LogP contribution in [0, 0.1) is 0 Å². The van der Waals surface area contributed by atoms with Crippen molar-refractivity contribution < 1.29 is 54.8 Å². The quantitative estimate of drug-likeness (QED) is 0.337. The van der Waals surface area contributed by atoms with Gasteiger partial charge in [0.15, 0.2) is 0 Å². The van der Waals surface area contributed by atoms with Gasteiger partial charge in [0.25, 0.3) is 0 Å². The van der Waals surface area contributed by atoms with Crippen LogP contribution in [0.15, 0.2) is 0 Å². The largest absolute Gasteiger partial charge is 1.00 e. The van der Waals surface area contributed by atoms with Crippen molar-refractivity contribution in [3.8, 4) is 0 Å². The molecule has 0 aromatic heterocycles. The van der Waals surface area contributed by atoms with Crippen LogP contribution in [0.4, 0.5) is 0 Å². The Bertz CT molecular complexity index is 151. The molecule has 0 rings (SSSR count). The Balaban J connectivity index is -0.000000405. The maximum absolute atomic E-state index is 9.88. The number of carboxylic acid groups (broad SMARTS) is 2. The first kappa shape index (κ1) is 17.8. The third kappa shape index (κ3) is 9.86. The Morgan fingerprint density at radius 2 is 1.92 bits per heavy atom. The van der Waals surface area contributed by atoms with Crippen LogP contribution in [0.5, 0.6) is 0 Å². The van der Waals surface area contributed by atoms with Crippen molar-refractivity contribution >= 4 is 11.9 Å². The summed E-state index contributed by atoms with van der Waals surface area (Å²) < 4.78 is 0. The average molecular weight is 192 g/mol. The van der Waals surface area contributed by atoms with Crippen LogP contribution in [0.3, 0.4) is 0 Å². The second-order valence-electron chi connectivity index (χ2n) is 1.86. The molecule has 0 unspecified atom stereocenters. The molecule has 0 saturated carbocycles. The Hall–Kier alpha value is -0.140. The normalized spacial score (nSPS) is 10.4. The minimum Gasteiger partial charge on any atom is -0.548 e. The summed E-state index contributed by atoms with van der Waals surface area (Å²) in [5.41, 5.74) is 4.94. The SMILES string of the molecule is N[13C@@H]([13CH2][13CH2][13C](=O)O)[13C](=O)[O-].O.[Na+]. The number of nitrogens with two attached hydrogens (primary N) is 1. The molecule has 1 atom stereocenters. The zero-order valence-corrected chi connectivity index (χ0v) is 8.74. The molecule has 0 bridgehead atoms. The van der Waals surface area contributed by atoms with Gasteiger partial charge in [0.1, 0.15) is 0 Å². The Labute approximate surface area is 91.3 Å². The zero-order valence-electron chi connectivity index (χ0n) is 6.74. The molecule has 0 aliphatic rings. The van der Waals surface area contributed by atoms with E-state index in [-0.39, 0.29) is 47.9 Å². The standard InChI is InChI=1S/C5H9NO4.Na.H2O/c6-3(5(9)10)1-2-4(7)8;;/h3H,1-2,6H2,(H,7,8)(H,9,10);;1H2/q;+1;/p-1/t3-;;/m0../s1/i1+1,2+1,3+1,4+1,5+1;;. The van der Waals surface area contributed by atoms with Crippen molar-refractivity contribution in [2.24, 2.45) is 5.73 Å². The van der Waals surface area contributed by atoms with Crippen LogP contribution in [0.1, 0.15) is 12.8 Å². The van der Waals surface area contributed by atoms with Crippen LogP contribution in [0.2, 0.25) is 0 Å². The van der Waals surface area contributed by atoms with Crippen LogP contribution in [-0.2, 0) is 9.59 Å². The van der Waals surface area contributed by atoms with Gasteiger partial charge >= 0.3 is 35.5 Å². The smallest absolute Gasteiger partial charge is 0.548 e. The van der Waals surface area contributed by atoms with Gasteiger partial charge in [-0.3, -0.25) is 4.79 Å². The maximum atomic E-state index is 9.88. The van der Waals surface area contributed by atoms with Gasteiger partial charge in [-0.1, -0.05) is 0 Å². The van der Waals surface area contributed by atoms with Crippen molar-refractivity contribution in [3.63, 3.8) is 0 Å². The molecule has 12 heavy (non-hydrogen) atoms. The average Bonchev–Trinajstić information content (AvgIpc) is 1.82. The Kier molecular flexibility index (Phi) is 13.3. The van der Waals surface area contributed by atoms with E-state index in [1.807, 2.05) is 0 Å². The van der Waals surface area contributed by atoms with Gasteiger partial charge in [-0.25, -0.2) is 0 Å². The first-order valence-corrected chi connectivity index (χ1v) is 2.72. The fourth-order valence-corrected chi connectivity index (χ4v) is 0.397. The van der Waals surface area contributed by atoms with Gasteiger partial charge < -0.3 is 26.2 Å². The third-order valence-electron chi connectivity index (χ3n) is 0.972. The topological polar surface area (TPSA) is 135 Å². The van der Waals surface area contributed by atoms with Gasteiger partial charge in [0.05, 0.1) is 5.97 Å². The van der Waals surface area contributed by atoms with Crippen molar-refractivity contribution in [1.29, 1.82) is 0 Å². The molecule has 0 saturated heterocycles. The second kappa shape index (κ2) is 8.95. The fraction of sp³-hybridized carbons (Fsp3) is 0.600. The van der Waals surface area contributed by atoms with Crippen LogP contribution >= 0.6 is 0 Å². The predicted molar refractivity (Wildman–Crippen MR) is 33.5 cm³/mol. The van der Waals surface area contributed by atoms with Crippen LogP contribution < -0.4 is 40.4 Å². The predicted octanol–water partition coefficient (Wildman–Crippen LogP) is -5.89. The molecule has 6 nitrogen and oxygen atoms in total. The van der Waals surface area contributed by atoms with Gasteiger partial charge in [-0.2, -0.15) is 0 Å². The summed E-state index contributed by atoms with van der Waals surface area (Å²) in [5.74, 6) is -2.47. The summed E-state index contributed by atoms with van der Waals surface area (Å²) in [5, 5.41) is 18.0. The number of hydrogen-bond donors (Lipinski definition) is 2. The number of carboxylic acids is 2. The summed E-state index contributed by atoms with van der Waals surface area (Å²) in [4.78, 5) is 19.7. The van der Waals surface area contributed by atoms with Crippen molar-refractivity contribution in [2.45, 2.75) is 18.9 Å². The van der Waals surface area contributed by atoms with Gasteiger partial charge in [-0.05, 0) is 6.42 Å². The Morgan fingerprint density at radius 1 is 1.50 bits per heavy atom. The summed E-state index contributed by atoms with van der Waals surface area (Å²) in [7, 11) is 0. The van der Waals surface area contributed by atoms with E-state index in [1.54, 1.807) is 0 Å². The molecule has 0 radical (unpaired) electrons. The summed E-state index contributed by atoms with van der Waals surface area (Å²) in [6, 6.07) is -1.17. The zero-order chi connectivity index (χ0) is 8.15. The van der Waals surface area contributed by atoms with E-state index in [2.05, 4.69) is 0 Å². The number of carbonyl (C=O) groups excluding carboxylic acids is 1. The molecular formula is C5H10NNaO5. The van der Waals surface area contributed by atoms with Gasteiger partial charge in [0.2, 0.25) is 0 Å². The first-order valence-electron chi connectivity index (χ1n) is 2.72. The molecule has 5 N–H and O–H groups in total. The number of hydrogen-bond acceptors (Lipinski definition) is 4. The number of rotatable bonds is 4. The summed E-state index contributed by atoms with van der Waals surface area (Å²) in [6.45, 7) is 0. The van der Waals surface area contributed by atoms with E-state index in [9.17, 15) is 14.7 Å². The molecule has 0 amide bonds. The minimum atomic E-state index is -1.42. The van der Waals surface area contributed by atoms with E-state index in [4.69, 9.17) is 10.8 Å². The monoisotopic (exact) mass is 192 g/mol. The van der Waals surface area contributed by atoms with E-state index < -0.39 is 18.0 Å². The van der Waals surface area contributed by atoms with Crippen molar-refractivity contribution in [2.75, 3.05) is 0 Å². The molecule has 0 fully saturated rings. The first-order chi connectivity index (χ1) is 4.54. The van der Waals surface area contributed by atoms with Crippen LogP contribution in [0.25, 0.3) is 0 Å². The van der Waals surface area contributed by atoms with E-state index in [0.29, 0.717) is 0 Å². The van der Waals surface area contributed by atoms with Crippen molar-refractivity contribution in [3.05, 3.63) is 0 Å². The molecule has 0 aromatic carbocycles. The number of aliphatic carboxylic acids is 2. The second-order valence-corrected chi connectivity index (χ2v) is 1.86. The molecule has 7 heteroatoms. The Morgan fingerprint density at radius 3 is 2.17 bits per heavy atom. The summed E-state index contributed by atoms with van der Waals surface area (Å²) >= 11 is 0. The number of carbonyl (C=O) groups is 2. The fourth-order valence-electron chi connectivity index (χ4n) is 0.397. The van der Waals surface area contributed by atoms with Crippen molar-refractivity contribution in [1.82, 2.24) is 0 Å². The molecule has 0 heterocycles. The molecular weight excluding hydrogens is 182 g/mol. The van der Waals surface area contributed by atoms with E-state index in [0.717, 1.165) is 0 Å². The minimum absolute atomic E-state index is 0. The summed E-state index contributed by atoms with van der Waals surface area (Å²) in [6.07, 6.45) is -0.327. The third-order valence-corrected chi connectivity index (χ3v) is 0.972. The molecule has 0 aliphatic carbocycles. The van der Waals surface area contributed by atoms with Crippen LogP contribution in [-0.4, -0.2) is 28.6 Å².